The summed E-state index contributed by atoms with van der Waals surface area (Å²) in [6, 6.07) is 16.2. The summed E-state index contributed by atoms with van der Waals surface area (Å²) in [5.41, 5.74) is 4.19. The smallest absolute Gasteiger partial charge is 0.272 e. The number of carbonyl (C=O) groups excluding carboxylic acids is 1. The van der Waals surface area contributed by atoms with E-state index in [2.05, 4.69) is 15.4 Å². The molecule has 2 heterocycles. The molecular formula is C23H17Cl3N4O. The number of nitrogens with zero attached hydrogens (tertiary/aromatic N) is 3. The molecule has 8 heteroatoms. The second-order valence-electron chi connectivity index (χ2n) is 6.87. The van der Waals surface area contributed by atoms with Gasteiger partial charge in [-0.1, -0.05) is 46.9 Å². The summed E-state index contributed by atoms with van der Waals surface area (Å²) in [6.45, 7) is 2.23. The Bertz CT molecular complexity index is 1240. The number of pyridine rings is 1. The number of amides is 1. The van der Waals surface area contributed by atoms with Crippen molar-refractivity contribution < 1.29 is 4.79 Å². The first-order valence-corrected chi connectivity index (χ1v) is 10.6. The number of halogens is 3. The van der Waals surface area contributed by atoms with Gasteiger partial charge in [0.1, 0.15) is 0 Å². The van der Waals surface area contributed by atoms with Gasteiger partial charge >= 0.3 is 0 Å². The van der Waals surface area contributed by atoms with Crippen molar-refractivity contribution >= 4 is 40.7 Å². The molecule has 0 atom stereocenters. The lowest BCUT2D eigenvalue weighted by Gasteiger charge is -2.11. The van der Waals surface area contributed by atoms with Gasteiger partial charge in [0, 0.05) is 40.1 Å². The van der Waals surface area contributed by atoms with Crippen LogP contribution in [0.15, 0.2) is 67.0 Å². The van der Waals surface area contributed by atoms with Crippen LogP contribution in [0.2, 0.25) is 15.1 Å². The third kappa shape index (κ3) is 4.59. The molecule has 4 rings (SSSR count). The maximum atomic E-state index is 13.0. The Kier molecular flexibility index (Phi) is 6.28. The highest BCUT2D eigenvalue weighted by molar-refractivity contribution is 6.35. The molecule has 0 saturated carbocycles. The van der Waals surface area contributed by atoms with E-state index in [0.717, 1.165) is 22.4 Å². The minimum absolute atomic E-state index is 0.284. The van der Waals surface area contributed by atoms with Gasteiger partial charge in [-0.3, -0.25) is 9.78 Å². The molecule has 0 spiro atoms. The van der Waals surface area contributed by atoms with Crippen molar-refractivity contribution in [1.82, 2.24) is 20.1 Å². The summed E-state index contributed by atoms with van der Waals surface area (Å²) in [5.74, 6) is -0.284. The van der Waals surface area contributed by atoms with E-state index in [1.165, 1.54) is 0 Å². The van der Waals surface area contributed by atoms with Crippen LogP contribution in [0.1, 0.15) is 21.6 Å². The molecule has 1 N–H and O–H groups in total. The van der Waals surface area contributed by atoms with Gasteiger partial charge in [-0.05, 0) is 55.0 Å². The Morgan fingerprint density at radius 3 is 2.32 bits per heavy atom. The van der Waals surface area contributed by atoms with Crippen molar-refractivity contribution in [3.8, 4) is 16.9 Å². The fourth-order valence-corrected chi connectivity index (χ4v) is 3.87. The van der Waals surface area contributed by atoms with Gasteiger partial charge in [0.05, 0.1) is 16.4 Å². The normalized spacial score (nSPS) is 10.8. The molecule has 156 valence electrons. The quantitative estimate of drug-likeness (QED) is 0.381. The number of benzene rings is 2. The van der Waals surface area contributed by atoms with Crippen LogP contribution in [-0.4, -0.2) is 20.7 Å². The van der Waals surface area contributed by atoms with Gasteiger partial charge in [-0.2, -0.15) is 5.10 Å². The number of hydrogen-bond acceptors (Lipinski definition) is 3. The standard InChI is InChI=1S/C23H17Cl3N4O/c1-14-21(23(31)28-13-15-8-10-27-11-9-15)29-30(20-7-6-18(25)12-19(20)26)22(14)16-2-4-17(24)5-3-16/h2-12H,13H2,1H3,(H,28,31). The number of carbonyl (C=O) groups is 1. The van der Waals surface area contributed by atoms with Gasteiger partial charge in [0.25, 0.3) is 5.91 Å². The van der Waals surface area contributed by atoms with Crippen LogP contribution < -0.4 is 5.32 Å². The molecule has 31 heavy (non-hydrogen) atoms. The fourth-order valence-electron chi connectivity index (χ4n) is 3.25. The molecule has 5 nitrogen and oxygen atoms in total. The van der Waals surface area contributed by atoms with Crippen LogP contribution in [0, 0.1) is 6.92 Å². The van der Waals surface area contributed by atoms with Gasteiger partial charge in [-0.25, -0.2) is 4.68 Å². The fraction of sp³-hybridized carbons (Fsp3) is 0.0870. The average Bonchev–Trinajstić information content (AvgIpc) is 3.10. The molecule has 0 aliphatic heterocycles. The maximum absolute atomic E-state index is 13.0. The van der Waals surface area contributed by atoms with E-state index in [0.29, 0.717) is 33.0 Å². The zero-order chi connectivity index (χ0) is 22.0. The van der Waals surface area contributed by atoms with Crippen molar-refractivity contribution in [2.45, 2.75) is 13.5 Å². The molecule has 0 radical (unpaired) electrons. The summed E-state index contributed by atoms with van der Waals surface area (Å²) in [7, 11) is 0. The molecule has 0 bridgehead atoms. The van der Waals surface area contributed by atoms with E-state index in [-0.39, 0.29) is 5.91 Å². The summed E-state index contributed by atoms with van der Waals surface area (Å²) >= 11 is 18.6. The molecule has 4 aromatic rings. The molecule has 0 fully saturated rings. The Labute approximate surface area is 194 Å². The first-order valence-electron chi connectivity index (χ1n) is 9.42. The third-order valence-electron chi connectivity index (χ3n) is 4.80. The van der Waals surface area contributed by atoms with Crippen LogP contribution >= 0.6 is 34.8 Å². The average molecular weight is 472 g/mol. The lowest BCUT2D eigenvalue weighted by atomic mass is 10.1. The Hall–Kier alpha value is -2.86. The second-order valence-corrected chi connectivity index (χ2v) is 8.15. The summed E-state index contributed by atoms with van der Waals surface area (Å²) in [6.07, 6.45) is 3.37. The van der Waals surface area contributed by atoms with Gasteiger partial charge < -0.3 is 5.32 Å². The van der Waals surface area contributed by atoms with Crippen LogP contribution in [0.25, 0.3) is 16.9 Å². The van der Waals surface area contributed by atoms with Gasteiger partial charge in [0.15, 0.2) is 5.69 Å². The SMILES string of the molecule is Cc1c(C(=O)NCc2ccncc2)nn(-c2ccc(Cl)cc2Cl)c1-c1ccc(Cl)cc1. The van der Waals surface area contributed by atoms with E-state index >= 15 is 0 Å². The largest absolute Gasteiger partial charge is 0.347 e. The number of hydrogen-bond donors (Lipinski definition) is 1. The third-order valence-corrected chi connectivity index (χ3v) is 5.59. The first-order chi connectivity index (χ1) is 14.9. The van der Waals surface area contributed by atoms with Gasteiger partial charge in [0.2, 0.25) is 0 Å². The van der Waals surface area contributed by atoms with Crippen molar-refractivity contribution in [2.75, 3.05) is 0 Å². The zero-order valence-electron chi connectivity index (χ0n) is 16.4. The highest BCUT2D eigenvalue weighted by Gasteiger charge is 2.23. The predicted molar refractivity (Wildman–Crippen MR) is 124 cm³/mol. The summed E-state index contributed by atoms with van der Waals surface area (Å²) in [5, 5.41) is 9.09. The number of nitrogens with one attached hydrogen (secondary N) is 1. The molecular weight excluding hydrogens is 455 g/mol. The molecule has 2 aromatic carbocycles. The predicted octanol–water partition coefficient (Wildman–Crippen LogP) is 6.13. The van der Waals surface area contributed by atoms with Crippen molar-refractivity contribution in [3.63, 3.8) is 0 Å². The topological polar surface area (TPSA) is 59.8 Å². The zero-order valence-corrected chi connectivity index (χ0v) is 18.7. The summed E-state index contributed by atoms with van der Waals surface area (Å²) in [4.78, 5) is 17.0. The molecule has 0 aliphatic rings. The number of rotatable bonds is 5. The Morgan fingerprint density at radius 1 is 0.968 bits per heavy atom. The van der Waals surface area contributed by atoms with Crippen molar-refractivity contribution in [2.24, 2.45) is 0 Å². The van der Waals surface area contributed by atoms with Crippen LogP contribution in [-0.2, 0) is 6.54 Å². The lowest BCUT2D eigenvalue weighted by Crippen LogP contribution is -2.24. The van der Waals surface area contributed by atoms with Gasteiger partial charge in [-0.15, -0.1) is 0 Å². The molecule has 1 amide bonds. The number of aromatic nitrogens is 3. The highest BCUT2D eigenvalue weighted by Crippen LogP contribution is 2.33. The monoisotopic (exact) mass is 470 g/mol. The molecule has 0 saturated heterocycles. The van der Waals surface area contributed by atoms with Crippen molar-refractivity contribution in [1.29, 1.82) is 0 Å². The van der Waals surface area contributed by atoms with Crippen LogP contribution in [0.3, 0.4) is 0 Å². The Balaban J connectivity index is 1.78. The molecule has 2 aromatic heterocycles. The highest BCUT2D eigenvalue weighted by atomic mass is 35.5. The van der Waals surface area contributed by atoms with Crippen LogP contribution in [0.4, 0.5) is 0 Å². The first kappa shape index (κ1) is 21.4. The maximum Gasteiger partial charge on any atom is 0.272 e. The van der Waals surface area contributed by atoms with E-state index in [4.69, 9.17) is 34.8 Å². The molecule has 0 aliphatic carbocycles. The Morgan fingerprint density at radius 2 is 1.65 bits per heavy atom. The lowest BCUT2D eigenvalue weighted by molar-refractivity contribution is 0.0945. The molecule has 0 unspecified atom stereocenters. The second kappa shape index (κ2) is 9.10. The van der Waals surface area contributed by atoms with Crippen molar-refractivity contribution in [3.05, 3.63) is 98.9 Å². The van der Waals surface area contributed by atoms with E-state index < -0.39 is 0 Å². The van der Waals surface area contributed by atoms with Crippen LogP contribution in [0.5, 0.6) is 0 Å². The summed E-state index contributed by atoms with van der Waals surface area (Å²) < 4.78 is 1.67. The van der Waals surface area contributed by atoms with E-state index in [1.807, 2.05) is 31.2 Å². The van der Waals surface area contributed by atoms with E-state index in [9.17, 15) is 4.79 Å². The van der Waals surface area contributed by atoms with E-state index in [1.54, 1.807) is 47.4 Å². The minimum atomic E-state index is -0.284. The minimum Gasteiger partial charge on any atom is -0.347 e.